The highest BCUT2D eigenvalue weighted by molar-refractivity contribution is 4.57. The SMILES string of the molecule is CCCCCCCCCCCCCCCCCCCCCCCCCCCCCCCCCCCCCCCCCCCCCCCCCCCCCCCCCCCCCCCCCCCCCCCC(C)C. The van der Waals surface area contributed by atoms with Gasteiger partial charge < -0.3 is 0 Å². The van der Waals surface area contributed by atoms with Crippen molar-refractivity contribution in [1.29, 1.82) is 0 Å². The molecule has 0 radical (unpaired) electrons. The summed E-state index contributed by atoms with van der Waals surface area (Å²) in [6.45, 7) is 7.03. The Hall–Kier alpha value is 0. The van der Waals surface area contributed by atoms with Crippen molar-refractivity contribution in [3.05, 3.63) is 0 Å². The lowest BCUT2D eigenvalue weighted by Crippen LogP contribution is -1.87. The largest absolute Gasteiger partial charge is 0.0654 e. The Morgan fingerprint density at radius 1 is 0.122 bits per heavy atom. The van der Waals surface area contributed by atoms with Crippen LogP contribution in [0.1, 0.15) is 470 Å². The first-order valence-corrected chi connectivity index (χ1v) is 36.8. The first-order valence-electron chi connectivity index (χ1n) is 36.8. The van der Waals surface area contributed by atoms with E-state index in [1.54, 1.807) is 0 Å². The number of unbranched alkanes of at least 4 members (excludes halogenated alkanes) is 68. The standard InChI is InChI=1S/C74H150/c1-4-5-6-7-8-9-10-11-12-13-14-15-16-17-18-19-20-21-22-23-24-25-26-27-28-29-30-31-32-33-34-35-36-37-38-39-40-41-42-43-44-45-46-47-48-49-50-51-52-53-54-55-56-57-58-59-60-61-62-63-64-65-66-67-68-69-70-71-72-73-74(2)3/h74H,4-73H2,1-3H3. The van der Waals surface area contributed by atoms with Gasteiger partial charge >= 0.3 is 0 Å². The third-order valence-electron chi connectivity index (χ3n) is 17.9. The quantitative estimate of drug-likeness (QED) is 0.0533. The first-order chi connectivity index (χ1) is 36.8. The Balaban J connectivity index is 3.08. The van der Waals surface area contributed by atoms with Gasteiger partial charge in [0.15, 0.2) is 0 Å². The Bertz CT molecular complexity index is 902. The smallest absolute Gasteiger partial charge is 0.0471 e. The lowest BCUT2D eigenvalue weighted by molar-refractivity contribution is 0.500. The van der Waals surface area contributed by atoms with Crippen molar-refractivity contribution in [1.82, 2.24) is 0 Å². The fourth-order valence-corrected chi connectivity index (χ4v) is 12.5. The van der Waals surface area contributed by atoms with Crippen molar-refractivity contribution >= 4 is 0 Å². The van der Waals surface area contributed by atoms with Gasteiger partial charge in [-0.05, 0) is 5.92 Å². The van der Waals surface area contributed by atoms with Crippen LogP contribution in [0.3, 0.4) is 0 Å². The predicted octanol–water partition coefficient (Wildman–Crippen LogP) is 29.0. The summed E-state index contributed by atoms with van der Waals surface area (Å²) in [5.41, 5.74) is 0. The molecule has 0 rings (SSSR count). The molecular formula is C74H150. The molecule has 0 fully saturated rings. The summed E-state index contributed by atoms with van der Waals surface area (Å²) >= 11 is 0. The molecule has 0 amide bonds. The minimum atomic E-state index is 0.895. The Morgan fingerprint density at radius 3 is 0.284 bits per heavy atom. The van der Waals surface area contributed by atoms with E-state index in [2.05, 4.69) is 20.8 Å². The Morgan fingerprint density at radius 2 is 0.203 bits per heavy atom. The topological polar surface area (TPSA) is 0 Å². The van der Waals surface area contributed by atoms with Crippen LogP contribution in [0.15, 0.2) is 0 Å². The van der Waals surface area contributed by atoms with Gasteiger partial charge in [0.25, 0.3) is 0 Å². The summed E-state index contributed by atoms with van der Waals surface area (Å²) in [6, 6.07) is 0. The van der Waals surface area contributed by atoms with Gasteiger partial charge in [0.1, 0.15) is 0 Å². The molecule has 0 N–H and O–H groups in total. The predicted molar refractivity (Wildman–Crippen MR) is 344 cm³/mol. The summed E-state index contributed by atoms with van der Waals surface area (Å²) in [5.74, 6) is 0.895. The van der Waals surface area contributed by atoms with Gasteiger partial charge in [0.05, 0.1) is 0 Å². The molecular weight excluding hydrogens is 889 g/mol. The highest BCUT2D eigenvalue weighted by atomic mass is 14.1. The summed E-state index contributed by atoms with van der Waals surface area (Å²) < 4.78 is 0. The second-order valence-corrected chi connectivity index (χ2v) is 26.2. The van der Waals surface area contributed by atoms with Crippen LogP contribution in [0.2, 0.25) is 0 Å². The van der Waals surface area contributed by atoms with Gasteiger partial charge in [-0.3, -0.25) is 0 Å². The van der Waals surface area contributed by atoms with E-state index in [0.29, 0.717) is 0 Å². The molecule has 0 atom stereocenters. The van der Waals surface area contributed by atoms with Crippen LogP contribution in [-0.2, 0) is 0 Å². The molecule has 0 saturated heterocycles. The van der Waals surface area contributed by atoms with Gasteiger partial charge in [-0.1, -0.05) is 470 Å². The van der Waals surface area contributed by atoms with Gasteiger partial charge in [-0.25, -0.2) is 0 Å². The molecule has 0 aliphatic heterocycles. The second kappa shape index (κ2) is 71.0. The molecule has 446 valence electrons. The van der Waals surface area contributed by atoms with Crippen molar-refractivity contribution in [2.75, 3.05) is 0 Å². The number of rotatable bonds is 70. The highest BCUT2D eigenvalue weighted by Crippen LogP contribution is 2.21. The average Bonchev–Trinajstić information content (AvgIpc) is 3.40. The van der Waals surface area contributed by atoms with E-state index in [1.165, 1.54) is 449 Å². The maximum Gasteiger partial charge on any atom is -0.0471 e. The summed E-state index contributed by atoms with van der Waals surface area (Å²) in [7, 11) is 0. The van der Waals surface area contributed by atoms with Crippen molar-refractivity contribution < 1.29 is 0 Å². The van der Waals surface area contributed by atoms with E-state index in [-0.39, 0.29) is 0 Å². The average molecular weight is 1040 g/mol. The van der Waals surface area contributed by atoms with E-state index in [9.17, 15) is 0 Å². The molecule has 0 aromatic heterocycles. The van der Waals surface area contributed by atoms with E-state index >= 15 is 0 Å². The molecule has 0 nitrogen and oxygen atoms in total. The molecule has 0 bridgehead atoms. The van der Waals surface area contributed by atoms with Crippen molar-refractivity contribution in [2.45, 2.75) is 470 Å². The number of hydrogen-bond acceptors (Lipinski definition) is 0. The summed E-state index contributed by atoms with van der Waals surface area (Å²) in [6.07, 6.45) is 104. The fraction of sp³-hybridized carbons (Fsp3) is 1.00. The maximum absolute atomic E-state index is 2.36. The minimum Gasteiger partial charge on any atom is -0.0654 e. The third kappa shape index (κ3) is 72.0. The van der Waals surface area contributed by atoms with Gasteiger partial charge in [0, 0.05) is 0 Å². The number of hydrogen-bond donors (Lipinski definition) is 0. The van der Waals surface area contributed by atoms with Crippen LogP contribution in [0, 0.1) is 5.92 Å². The third-order valence-corrected chi connectivity index (χ3v) is 17.9. The monoisotopic (exact) mass is 1040 g/mol. The molecule has 0 aromatic rings. The van der Waals surface area contributed by atoms with Gasteiger partial charge in [0.2, 0.25) is 0 Å². The lowest BCUT2D eigenvalue weighted by atomic mass is 10.0. The highest BCUT2D eigenvalue weighted by Gasteiger charge is 2.01. The van der Waals surface area contributed by atoms with Gasteiger partial charge in [-0.2, -0.15) is 0 Å². The van der Waals surface area contributed by atoms with E-state index < -0.39 is 0 Å². The molecule has 0 saturated carbocycles. The molecule has 0 spiro atoms. The summed E-state index contributed by atoms with van der Waals surface area (Å²) in [4.78, 5) is 0. The van der Waals surface area contributed by atoms with Crippen LogP contribution in [0.25, 0.3) is 0 Å². The molecule has 0 aromatic carbocycles. The zero-order valence-corrected chi connectivity index (χ0v) is 53.1. The normalized spacial score (nSPS) is 11.8. The molecule has 0 heteroatoms. The molecule has 0 heterocycles. The Labute approximate surface area is 473 Å². The Kier molecular flexibility index (Phi) is 71.0. The molecule has 74 heavy (non-hydrogen) atoms. The maximum atomic E-state index is 2.36. The zero-order valence-electron chi connectivity index (χ0n) is 53.1. The first kappa shape index (κ1) is 74.0. The molecule has 0 aliphatic rings. The van der Waals surface area contributed by atoms with E-state index in [1.807, 2.05) is 0 Å². The van der Waals surface area contributed by atoms with Crippen LogP contribution >= 0.6 is 0 Å². The fourth-order valence-electron chi connectivity index (χ4n) is 12.5. The molecule has 0 aliphatic carbocycles. The van der Waals surface area contributed by atoms with Crippen LogP contribution in [-0.4, -0.2) is 0 Å². The zero-order chi connectivity index (χ0) is 53.1. The minimum absolute atomic E-state index is 0.895. The van der Waals surface area contributed by atoms with Crippen molar-refractivity contribution in [3.63, 3.8) is 0 Å². The van der Waals surface area contributed by atoms with E-state index in [4.69, 9.17) is 0 Å². The van der Waals surface area contributed by atoms with Gasteiger partial charge in [-0.15, -0.1) is 0 Å². The summed E-state index contributed by atoms with van der Waals surface area (Å²) in [5, 5.41) is 0. The van der Waals surface area contributed by atoms with E-state index in [0.717, 1.165) is 5.92 Å². The van der Waals surface area contributed by atoms with Crippen LogP contribution in [0.4, 0.5) is 0 Å². The molecule has 0 unspecified atom stereocenters. The van der Waals surface area contributed by atoms with Crippen LogP contribution in [0.5, 0.6) is 0 Å². The second-order valence-electron chi connectivity index (χ2n) is 26.2. The lowest BCUT2D eigenvalue weighted by Gasteiger charge is -2.05. The van der Waals surface area contributed by atoms with Crippen LogP contribution < -0.4 is 0 Å². The van der Waals surface area contributed by atoms with Crippen molar-refractivity contribution in [3.8, 4) is 0 Å². The van der Waals surface area contributed by atoms with Crippen molar-refractivity contribution in [2.24, 2.45) is 5.92 Å².